The van der Waals surface area contributed by atoms with Crippen molar-refractivity contribution in [1.82, 2.24) is 5.32 Å². The topological polar surface area (TPSA) is 85.9 Å². The highest BCUT2D eigenvalue weighted by molar-refractivity contribution is 5.96. The number of carbonyl (C=O) groups is 2. The Bertz CT molecular complexity index is 822. The van der Waals surface area contributed by atoms with E-state index in [1.54, 1.807) is 31.2 Å². The second-order valence-electron chi connectivity index (χ2n) is 5.91. The molecule has 0 aromatic heterocycles. The van der Waals surface area contributed by atoms with Gasteiger partial charge >= 0.3 is 6.09 Å². The van der Waals surface area contributed by atoms with Crippen LogP contribution in [0.15, 0.2) is 42.5 Å². The molecule has 0 saturated heterocycles. The molecule has 142 valence electrons. The van der Waals surface area contributed by atoms with E-state index >= 15 is 0 Å². The van der Waals surface area contributed by atoms with Gasteiger partial charge in [0, 0.05) is 17.8 Å². The Morgan fingerprint density at radius 3 is 2.70 bits per heavy atom. The van der Waals surface area contributed by atoms with Crippen LogP contribution in [0, 0.1) is 0 Å². The summed E-state index contributed by atoms with van der Waals surface area (Å²) in [7, 11) is 0. The molecule has 0 unspecified atom stereocenters. The highest BCUT2D eigenvalue weighted by Gasteiger charge is 2.12. The largest absolute Gasteiger partial charge is 0.486 e. The summed E-state index contributed by atoms with van der Waals surface area (Å²) in [5, 5.41) is 5.46. The lowest BCUT2D eigenvalue weighted by Gasteiger charge is -2.18. The number of rotatable bonds is 6. The van der Waals surface area contributed by atoms with Gasteiger partial charge in [0.1, 0.15) is 13.2 Å². The Balaban J connectivity index is 1.52. The van der Waals surface area contributed by atoms with Gasteiger partial charge in [-0.15, -0.1) is 0 Å². The van der Waals surface area contributed by atoms with E-state index in [0.717, 1.165) is 17.1 Å². The van der Waals surface area contributed by atoms with E-state index in [0.29, 0.717) is 37.4 Å². The van der Waals surface area contributed by atoms with Crippen LogP contribution in [0.5, 0.6) is 11.5 Å². The third-order valence-electron chi connectivity index (χ3n) is 3.95. The van der Waals surface area contributed by atoms with Crippen LogP contribution in [0.25, 0.3) is 0 Å². The van der Waals surface area contributed by atoms with Gasteiger partial charge in [0.05, 0.1) is 6.61 Å². The quantitative estimate of drug-likeness (QED) is 0.816. The van der Waals surface area contributed by atoms with E-state index < -0.39 is 6.09 Å². The smallest absolute Gasteiger partial charge is 0.411 e. The van der Waals surface area contributed by atoms with Crippen molar-refractivity contribution in [3.8, 4) is 11.5 Å². The van der Waals surface area contributed by atoms with Crippen molar-refractivity contribution in [3.05, 3.63) is 53.6 Å². The summed E-state index contributed by atoms with van der Waals surface area (Å²) in [6.45, 7) is 3.60. The molecule has 2 aromatic rings. The Labute approximate surface area is 157 Å². The third kappa shape index (κ3) is 5.13. The number of hydrogen-bond donors (Lipinski definition) is 2. The number of ether oxygens (including phenoxy) is 3. The van der Waals surface area contributed by atoms with Crippen molar-refractivity contribution < 1.29 is 23.8 Å². The SMILES string of the molecule is CCOC(=O)Nc1cccc(C(=O)NCCc2ccc3c(c2)OCCO3)c1. The van der Waals surface area contributed by atoms with Crippen LogP contribution in [0.1, 0.15) is 22.8 Å². The molecule has 0 bridgehead atoms. The zero-order chi connectivity index (χ0) is 19.1. The fourth-order valence-electron chi connectivity index (χ4n) is 2.69. The summed E-state index contributed by atoms with van der Waals surface area (Å²) in [5.41, 5.74) is 2.02. The van der Waals surface area contributed by atoms with Crippen LogP contribution in [-0.4, -0.2) is 38.4 Å². The van der Waals surface area contributed by atoms with Gasteiger partial charge in [-0.25, -0.2) is 4.79 Å². The van der Waals surface area contributed by atoms with Crippen molar-refractivity contribution >= 4 is 17.7 Å². The van der Waals surface area contributed by atoms with Crippen molar-refractivity contribution in [2.75, 3.05) is 31.7 Å². The number of fused-ring (bicyclic) bond motifs is 1. The normalized spacial score (nSPS) is 12.2. The number of nitrogens with one attached hydrogen (secondary N) is 2. The number of hydrogen-bond acceptors (Lipinski definition) is 5. The Morgan fingerprint density at radius 1 is 1.07 bits per heavy atom. The van der Waals surface area contributed by atoms with Gasteiger partial charge in [0.15, 0.2) is 11.5 Å². The van der Waals surface area contributed by atoms with E-state index in [-0.39, 0.29) is 12.5 Å². The standard InChI is InChI=1S/C20H22N2O5/c1-2-25-20(24)22-16-5-3-4-15(13-16)19(23)21-9-8-14-6-7-17-18(12-14)27-11-10-26-17/h3-7,12-13H,2,8-11H2,1H3,(H,21,23)(H,22,24). The molecule has 27 heavy (non-hydrogen) atoms. The maximum Gasteiger partial charge on any atom is 0.411 e. The maximum atomic E-state index is 12.3. The summed E-state index contributed by atoms with van der Waals surface area (Å²) in [6.07, 6.45) is 0.122. The van der Waals surface area contributed by atoms with E-state index in [2.05, 4.69) is 10.6 Å². The molecule has 0 aliphatic carbocycles. The first-order valence-electron chi connectivity index (χ1n) is 8.86. The lowest BCUT2D eigenvalue weighted by atomic mass is 10.1. The molecule has 1 aliphatic rings. The minimum atomic E-state index is -0.548. The second-order valence-corrected chi connectivity index (χ2v) is 5.91. The zero-order valence-electron chi connectivity index (χ0n) is 15.1. The molecule has 3 rings (SSSR count). The molecule has 0 fully saturated rings. The third-order valence-corrected chi connectivity index (χ3v) is 3.95. The van der Waals surface area contributed by atoms with Gasteiger partial charge < -0.3 is 19.5 Å². The number of carbonyl (C=O) groups excluding carboxylic acids is 2. The monoisotopic (exact) mass is 370 g/mol. The van der Waals surface area contributed by atoms with Gasteiger partial charge in [-0.3, -0.25) is 10.1 Å². The minimum Gasteiger partial charge on any atom is -0.486 e. The molecule has 7 nitrogen and oxygen atoms in total. The molecule has 2 amide bonds. The highest BCUT2D eigenvalue weighted by atomic mass is 16.6. The molecule has 0 spiro atoms. The number of anilines is 1. The fourth-order valence-corrected chi connectivity index (χ4v) is 2.69. The van der Waals surface area contributed by atoms with E-state index in [4.69, 9.17) is 14.2 Å². The molecular formula is C20H22N2O5. The van der Waals surface area contributed by atoms with Crippen LogP contribution in [-0.2, 0) is 11.2 Å². The first kappa shape index (κ1) is 18.6. The number of benzene rings is 2. The van der Waals surface area contributed by atoms with Crippen LogP contribution in [0.4, 0.5) is 10.5 Å². The molecule has 2 N–H and O–H groups in total. The van der Waals surface area contributed by atoms with E-state index in [1.807, 2.05) is 18.2 Å². The summed E-state index contributed by atoms with van der Waals surface area (Å²) in [4.78, 5) is 23.8. The fraction of sp³-hybridized carbons (Fsp3) is 0.300. The van der Waals surface area contributed by atoms with Crippen molar-refractivity contribution in [1.29, 1.82) is 0 Å². The average molecular weight is 370 g/mol. The highest BCUT2D eigenvalue weighted by Crippen LogP contribution is 2.30. The Hall–Kier alpha value is -3.22. The van der Waals surface area contributed by atoms with Gasteiger partial charge in [0.25, 0.3) is 5.91 Å². The van der Waals surface area contributed by atoms with Gasteiger partial charge in [0.2, 0.25) is 0 Å². The molecule has 1 aliphatic heterocycles. The lowest BCUT2D eigenvalue weighted by molar-refractivity contribution is 0.0954. The van der Waals surface area contributed by atoms with Crippen molar-refractivity contribution in [2.45, 2.75) is 13.3 Å². The first-order chi connectivity index (χ1) is 13.2. The van der Waals surface area contributed by atoms with Gasteiger partial charge in [-0.05, 0) is 49.2 Å². The molecule has 1 heterocycles. The van der Waals surface area contributed by atoms with Gasteiger partial charge in [-0.2, -0.15) is 0 Å². The predicted octanol–water partition coefficient (Wildman–Crippen LogP) is 3.00. The van der Waals surface area contributed by atoms with E-state index in [1.165, 1.54) is 0 Å². The molecule has 0 radical (unpaired) electrons. The zero-order valence-corrected chi connectivity index (χ0v) is 15.1. The Kier molecular flexibility index (Phi) is 6.14. The van der Waals surface area contributed by atoms with Crippen molar-refractivity contribution in [2.24, 2.45) is 0 Å². The molecular weight excluding hydrogens is 348 g/mol. The minimum absolute atomic E-state index is 0.208. The van der Waals surface area contributed by atoms with Crippen LogP contribution < -0.4 is 20.1 Å². The van der Waals surface area contributed by atoms with Gasteiger partial charge in [-0.1, -0.05) is 12.1 Å². The van der Waals surface area contributed by atoms with E-state index in [9.17, 15) is 9.59 Å². The molecule has 0 atom stereocenters. The second kappa shape index (κ2) is 8.93. The summed E-state index contributed by atoms with van der Waals surface area (Å²) < 4.78 is 15.9. The number of amides is 2. The van der Waals surface area contributed by atoms with Crippen LogP contribution in [0.3, 0.4) is 0 Å². The Morgan fingerprint density at radius 2 is 1.89 bits per heavy atom. The van der Waals surface area contributed by atoms with Crippen LogP contribution >= 0.6 is 0 Å². The average Bonchev–Trinajstić information content (AvgIpc) is 2.68. The lowest BCUT2D eigenvalue weighted by Crippen LogP contribution is -2.26. The summed E-state index contributed by atoms with van der Waals surface area (Å²) >= 11 is 0. The maximum absolute atomic E-state index is 12.3. The molecule has 7 heteroatoms. The summed E-state index contributed by atoms with van der Waals surface area (Å²) in [5.74, 6) is 1.28. The first-order valence-corrected chi connectivity index (χ1v) is 8.86. The molecule has 0 saturated carbocycles. The van der Waals surface area contributed by atoms with Crippen molar-refractivity contribution in [3.63, 3.8) is 0 Å². The van der Waals surface area contributed by atoms with Crippen LogP contribution in [0.2, 0.25) is 0 Å². The predicted molar refractivity (Wildman–Crippen MR) is 101 cm³/mol. The summed E-state index contributed by atoms with van der Waals surface area (Å²) in [6, 6.07) is 12.5. The molecule has 2 aromatic carbocycles.